The van der Waals surface area contributed by atoms with E-state index in [1.165, 1.54) is 23.1 Å². The topological polar surface area (TPSA) is 95.3 Å². The molecule has 0 fully saturated rings. The maximum atomic E-state index is 12.6. The lowest BCUT2D eigenvalue weighted by Gasteiger charge is -2.11. The van der Waals surface area contributed by atoms with Crippen molar-refractivity contribution < 1.29 is 19.1 Å². The third kappa shape index (κ3) is 6.38. The van der Waals surface area contributed by atoms with E-state index in [1.54, 1.807) is 13.0 Å². The number of rotatable bonds is 11. The highest BCUT2D eigenvalue weighted by molar-refractivity contribution is 7.99. The van der Waals surface area contributed by atoms with Gasteiger partial charge in [0.2, 0.25) is 5.91 Å². The third-order valence-corrected chi connectivity index (χ3v) is 7.18. The second kappa shape index (κ2) is 12.0. The van der Waals surface area contributed by atoms with E-state index in [9.17, 15) is 9.59 Å². The average molecular weight is 503 g/mol. The van der Waals surface area contributed by atoms with E-state index < -0.39 is 5.97 Å². The molecule has 1 aromatic carbocycles. The quantitative estimate of drug-likeness (QED) is 0.290. The molecule has 2 aromatic heterocycles. The molecule has 34 heavy (non-hydrogen) atoms. The molecular weight excluding hydrogens is 472 g/mol. The summed E-state index contributed by atoms with van der Waals surface area (Å²) in [4.78, 5) is 25.9. The average Bonchev–Trinajstić information content (AvgIpc) is 3.41. The molecule has 1 N–H and O–H groups in total. The number of ether oxygens (including phenoxy) is 2. The van der Waals surface area contributed by atoms with Gasteiger partial charge < -0.3 is 19.4 Å². The van der Waals surface area contributed by atoms with Gasteiger partial charge in [-0.25, -0.2) is 4.79 Å². The van der Waals surface area contributed by atoms with Crippen LogP contribution in [0.5, 0.6) is 5.75 Å². The standard InChI is InChI=1S/C24H30N4O4S2/c1-6-17-12-18(23(30)31-8-3)22(34-17)25-21(29)14-33-24-27-26-20(28(24)7-2)13-32-19-11-15(4)9-10-16(19)5/h9-12H,6-8,13-14H2,1-5H3,(H,25,29). The largest absolute Gasteiger partial charge is 0.485 e. The van der Waals surface area contributed by atoms with Crippen molar-refractivity contribution in [1.82, 2.24) is 14.8 Å². The van der Waals surface area contributed by atoms with Crippen molar-refractivity contribution in [2.75, 3.05) is 17.7 Å². The lowest BCUT2D eigenvalue weighted by molar-refractivity contribution is -0.113. The van der Waals surface area contributed by atoms with E-state index in [2.05, 4.69) is 15.5 Å². The van der Waals surface area contributed by atoms with Gasteiger partial charge in [-0.2, -0.15) is 0 Å². The zero-order valence-electron chi connectivity index (χ0n) is 20.1. The van der Waals surface area contributed by atoms with Gasteiger partial charge in [-0.05, 0) is 57.4 Å². The van der Waals surface area contributed by atoms with E-state index in [4.69, 9.17) is 9.47 Å². The Morgan fingerprint density at radius 1 is 1.15 bits per heavy atom. The molecule has 0 saturated carbocycles. The van der Waals surface area contributed by atoms with Crippen LogP contribution >= 0.6 is 23.1 Å². The number of benzene rings is 1. The molecule has 0 spiro atoms. The number of nitrogens with zero attached hydrogens (tertiary/aromatic N) is 3. The number of nitrogens with one attached hydrogen (secondary N) is 1. The van der Waals surface area contributed by atoms with Crippen LogP contribution in [0.1, 0.15) is 53.0 Å². The molecular formula is C24H30N4O4S2. The molecule has 0 unspecified atom stereocenters. The van der Waals surface area contributed by atoms with Gasteiger partial charge in [0.1, 0.15) is 17.4 Å². The molecule has 0 aliphatic rings. The fourth-order valence-corrected chi connectivity index (χ4v) is 5.04. The summed E-state index contributed by atoms with van der Waals surface area (Å²) in [7, 11) is 0. The molecule has 0 aliphatic carbocycles. The summed E-state index contributed by atoms with van der Waals surface area (Å²) in [5, 5.41) is 12.5. The number of amides is 1. The molecule has 3 aromatic rings. The van der Waals surface area contributed by atoms with E-state index in [1.807, 2.05) is 50.5 Å². The zero-order chi connectivity index (χ0) is 24.7. The highest BCUT2D eigenvalue weighted by Gasteiger charge is 2.20. The molecule has 2 heterocycles. The van der Waals surface area contributed by atoms with Crippen molar-refractivity contribution in [2.45, 2.75) is 59.3 Å². The number of anilines is 1. The summed E-state index contributed by atoms with van der Waals surface area (Å²) in [6.07, 6.45) is 0.772. The highest BCUT2D eigenvalue weighted by Crippen LogP contribution is 2.30. The smallest absolute Gasteiger partial charge is 0.341 e. The fraction of sp³-hybridized carbons (Fsp3) is 0.417. The summed E-state index contributed by atoms with van der Waals surface area (Å²) in [6, 6.07) is 7.85. The van der Waals surface area contributed by atoms with E-state index in [-0.39, 0.29) is 24.9 Å². The molecule has 0 radical (unpaired) electrons. The van der Waals surface area contributed by atoms with Crippen LogP contribution in [-0.2, 0) is 29.1 Å². The summed E-state index contributed by atoms with van der Waals surface area (Å²) >= 11 is 2.68. The number of hydrogen-bond acceptors (Lipinski definition) is 8. The Balaban J connectivity index is 1.63. The van der Waals surface area contributed by atoms with Crippen molar-refractivity contribution in [3.05, 3.63) is 51.7 Å². The Morgan fingerprint density at radius 2 is 1.94 bits per heavy atom. The number of thiophene rings is 1. The van der Waals surface area contributed by atoms with Gasteiger partial charge in [0, 0.05) is 11.4 Å². The monoisotopic (exact) mass is 502 g/mol. The predicted octanol–water partition coefficient (Wildman–Crippen LogP) is 5.03. The van der Waals surface area contributed by atoms with E-state index in [0.29, 0.717) is 28.1 Å². The van der Waals surface area contributed by atoms with Crippen LogP contribution in [-0.4, -0.2) is 39.0 Å². The summed E-state index contributed by atoms with van der Waals surface area (Å²) in [5.41, 5.74) is 2.58. The normalized spacial score (nSPS) is 10.9. The van der Waals surface area contributed by atoms with Gasteiger partial charge in [0.05, 0.1) is 17.9 Å². The van der Waals surface area contributed by atoms with Crippen LogP contribution in [0.4, 0.5) is 5.00 Å². The fourth-order valence-electron chi connectivity index (χ4n) is 3.22. The molecule has 8 nitrogen and oxygen atoms in total. The molecule has 0 bridgehead atoms. The van der Waals surface area contributed by atoms with Crippen LogP contribution in [0, 0.1) is 13.8 Å². The number of esters is 1. The molecule has 0 atom stereocenters. The molecule has 3 rings (SSSR count). The van der Waals surface area contributed by atoms with Gasteiger partial charge in [-0.1, -0.05) is 30.8 Å². The highest BCUT2D eigenvalue weighted by atomic mass is 32.2. The predicted molar refractivity (Wildman–Crippen MR) is 135 cm³/mol. The van der Waals surface area contributed by atoms with Crippen LogP contribution < -0.4 is 10.1 Å². The van der Waals surface area contributed by atoms with Crippen molar-refractivity contribution in [1.29, 1.82) is 0 Å². The van der Waals surface area contributed by atoms with Crippen molar-refractivity contribution in [2.24, 2.45) is 0 Å². The zero-order valence-corrected chi connectivity index (χ0v) is 21.8. The van der Waals surface area contributed by atoms with E-state index in [0.717, 1.165) is 28.2 Å². The number of aromatic nitrogens is 3. The SMILES string of the molecule is CCOC(=O)c1cc(CC)sc1NC(=O)CSc1nnc(COc2cc(C)ccc2C)n1CC. The Kier molecular flexibility index (Phi) is 9.12. The maximum absolute atomic E-state index is 12.6. The van der Waals surface area contributed by atoms with Gasteiger partial charge in [0.25, 0.3) is 0 Å². The first-order valence-corrected chi connectivity index (χ1v) is 13.0. The Morgan fingerprint density at radius 3 is 2.65 bits per heavy atom. The minimum absolute atomic E-state index is 0.137. The lowest BCUT2D eigenvalue weighted by atomic mass is 10.1. The third-order valence-electron chi connectivity index (χ3n) is 5.02. The lowest BCUT2D eigenvalue weighted by Crippen LogP contribution is -2.16. The maximum Gasteiger partial charge on any atom is 0.341 e. The molecule has 1 amide bonds. The van der Waals surface area contributed by atoms with E-state index >= 15 is 0 Å². The number of carbonyl (C=O) groups is 2. The van der Waals surface area contributed by atoms with Gasteiger partial charge in [-0.15, -0.1) is 21.5 Å². The molecule has 10 heteroatoms. The van der Waals surface area contributed by atoms with Gasteiger partial charge in [0.15, 0.2) is 11.0 Å². The summed E-state index contributed by atoms with van der Waals surface area (Å²) < 4.78 is 13.0. The van der Waals surface area contributed by atoms with Crippen molar-refractivity contribution >= 4 is 40.0 Å². The summed E-state index contributed by atoms with van der Waals surface area (Å²) in [5.74, 6) is 0.998. The van der Waals surface area contributed by atoms with Crippen LogP contribution in [0.3, 0.4) is 0 Å². The number of hydrogen-bond donors (Lipinski definition) is 1. The van der Waals surface area contributed by atoms with Crippen LogP contribution in [0.15, 0.2) is 29.4 Å². The Bertz CT molecular complexity index is 1160. The van der Waals surface area contributed by atoms with Gasteiger partial charge >= 0.3 is 5.97 Å². The summed E-state index contributed by atoms with van der Waals surface area (Å²) in [6.45, 7) is 11.0. The minimum atomic E-state index is -0.430. The molecule has 0 aliphatic heterocycles. The second-order valence-corrected chi connectivity index (χ2v) is 9.65. The van der Waals surface area contributed by atoms with Crippen molar-refractivity contribution in [3.8, 4) is 5.75 Å². The number of carbonyl (C=O) groups excluding carboxylic acids is 2. The van der Waals surface area contributed by atoms with Crippen molar-refractivity contribution in [3.63, 3.8) is 0 Å². The first-order valence-electron chi connectivity index (χ1n) is 11.2. The Labute approximate surface area is 208 Å². The van der Waals surface area contributed by atoms with Crippen LogP contribution in [0.25, 0.3) is 0 Å². The number of aryl methyl sites for hydroxylation is 3. The first-order chi connectivity index (χ1) is 16.4. The minimum Gasteiger partial charge on any atom is -0.485 e. The number of thioether (sulfide) groups is 1. The van der Waals surface area contributed by atoms with Crippen LogP contribution in [0.2, 0.25) is 0 Å². The molecule has 182 valence electrons. The Hall–Kier alpha value is -2.85. The van der Waals surface area contributed by atoms with Gasteiger partial charge in [-0.3, -0.25) is 4.79 Å². The molecule has 0 saturated heterocycles. The second-order valence-electron chi connectivity index (χ2n) is 7.57. The first kappa shape index (κ1) is 25.8.